The molecule has 0 atom stereocenters. The molecule has 0 aliphatic heterocycles. The normalized spacial score (nSPS) is 10.7. The molecule has 0 saturated heterocycles. The molecule has 2 amide bonds. The van der Waals surface area contributed by atoms with Gasteiger partial charge in [-0.2, -0.15) is 0 Å². The molecule has 1 heterocycles. The van der Waals surface area contributed by atoms with Crippen LogP contribution in [0.1, 0.15) is 5.69 Å². The molecular formula is C20H20FN3O2. The maximum absolute atomic E-state index is 14.2. The van der Waals surface area contributed by atoms with Gasteiger partial charge >= 0.3 is 6.03 Å². The molecule has 5 nitrogen and oxygen atoms in total. The highest BCUT2D eigenvalue weighted by Gasteiger charge is 2.10. The van der Waals surface area contributed by atoms with Crippen LogP contribution in [0.25, 0.3) is 22.0 Å². The lowest BCUT2D eigenvalue weighted by Crippen LogP contribution is -2.31. The standard InChI is InChI=1S/C20H20FN3O2/c1-13-17(16-5-3-4-6-18(16)21)12-14-11-15(7-8-19(14)23-13)24-20(25)22-9-10-26-2/h3-8,11-12H,9-10H2,1-2H3,(H2,22,24,25). The van der Waals surface area contributed by atoms with Crippen LogP contribution in [0.2, 0.25) is 0 Å². The smallest absolute Gasteiger partial charge is 0.319 e. The van der Waals surface area contributed by atoms with Crippen molar-refractivity contribution in [3.05, 3.63) is 60.0 Å². The number of hydrogen-bond acceptors (Lipinski definition) is 3. The van der Waals surface area contributed by atoms with E-state index in [-0.39, 0.29) is 11.8 Å². The number of nitrogens with one attached hydrogen (secondary N) is 2. The van der Waals surface area contributed by atoms with Crippen LogP contribution in [0.15, 0.2) is 48.5 Å². The molecule has 0 radical (unpaired) electrons. The minimum atomic E-state index is -0.309. The van der Waals surface area contributed by atoms with Crippen molar-refractivity contribution in [1.29, 1.82) is 0 Å². The molecule has 3 rings (SSSR count). The van der Waals surface area contributed by atoms with E-state index in [1.54, 1.807) is 31.4 Å². The van der Waals surface area contributed by atoms with Gasteiger partial charge in [0.1, 0.15) is 5.82 Å². The fourth-order valence-electron chi connectivity index (χ4n) is 2.74. The first kappa shape index (κ1) is 17.8. The summed E-state index contributed by atoms with van der Waals surface area (Å²) in [7, 11) is 1.57. The van der Waals surface area contributed by atoms with Gasteiger partial charge in [-0.1, -0.05) is 18.2 Å². The van der Waals surface area contributed by atoms with Gasteiger partial charge in [0.05, 0.1) is 12.1 Å². The molecule has 0 saturated carbocycles. The molecule has 0 unspecified atom stereocenters. The first-order chi connectivity index (χ1) is 12.6. The third kappa shape index (κ3) is 3.97. The zero-order valence-corrected chi connectivity index (χ0v) is 14.7. The van der Waals surface area contributed by atoms with Gasteiger partial charge in [0.2, 0.25) is 0 Å². The number of carbonyl (C=O) groups excluding carboxylic acids is 1. The molecule has 3 aromatic rings. The Kier molecular flexibility index (Phi) is 5.43. The van der Waals surface area contributed by atoms with Gasteiger partial charge in [0.15, 0.2) is 0 Å². The summed E-state index contributed by atoms with van der Waals surface area (Å²) in [6.07, 6.45) is 0. The van der Waals surface area contributed by atoms with Crippen LogP contribution < -0.4 is 10.6 Å². The van der Waals surface area contributed by atoms with E-state index >= 15 is 0 Å². The van der Waals surface area contributed by atoms with Crippen LogP contribution >= 0.6 is 0 Å². The Morgan fingerprint density at radius 2 is 1.96 bits per heavy atom. The van der Waals surface area contributed by atoms with E-state index in [1.807, 2.05) is 25.1 Å². The molecular weight excluding hydrogens is 333 g/mol. The highest BCUT2D eigenvalue weighted by molar-refractivity contribution is 5.93. The lowest BCUT2D eigenvalue weighted by Gasteiger charge is -2.11. The molecule has 2 N–H and O–H groups in total. The Morgan fingerprint density at radius 3 is 2.73 bits per heavy atom. The Balaban J connectivity index is 1.90. The van der Waals surface area contributed by atoms with Crippen molar-refractivity contribution in [2.45, 2.75) is 6.92 Å². The van der Waals surface area contributed by atoms with E-state index in [1.165, 1.54) is 6.07 Å². The number of aryl methyl sites for hydroxylation is 1. The second-order valence-corrected chi connectivity index (χ2v) is 5.88. The molecule has 0 spiro atoms. The highest BCUT2D eigenvalue weighted by Crippen LogP contribution is 2.29. The second kappa shape index (κ2) is 7.93. The average Bonchev–Trinajstić information content (AvgIpc) is 2.62. The van der Waals surface area contributed by atoms with Crippen molar-refractivity contribution in [3.8, 4) is 11.1 Å². The van der Waals surface area contributed by atoms with Crippen molar-refractivity contribution >= 4 is 22.6 Å². The molecule has 0 aliphatic rings. The number of methoxy groups -OCH3 is 1. The van der Waals surface area contributed by atoms with Crippen molar-refractivity contribution in [2.24, 2.45) is 0 Å². The Morgan fingerprint density at radius 1 is 1.15 bits per heavy atom. The largest absolute Gasteiger partial charge is 0.383 e. The van der Waals surface area contributed by atoms with Crippen molar-refractivity contribution in [3.63, 3.8) is 0 Å². The van der Waals surface area contributed by atoms with Crippen LogP contribution in [0, 0.1) is 12.7 Å². The first-order valence-corrected chi connectivity index (χ1v) is 8.28. The van der Waals surface area contributed by atoms with E-state index < -0.39 is 0 Å². The van der Waals surface area contributed by atoms with Crippen molar-refractivity contribution < 1.29 is 13.9 Å². The number of nitrogens with zero attached hydrogens (tertiary/aromatic N) is 1. The fraction of sp³-hybridized carbons (Fsp3) is 0.200. The summed E-state index contributed by atoms with van der Waals surface area (Å²) < 4.78 is 19.0. The number of pyridine rings is 1. The van der Waals surface area contributed by atoms with Gasteiger partial charge in [0.25, 0.3) is 0 Å². The van der Waals surface area contributed by atoms with E-state index in [0.717, 1.165) is 22.2 Å². The van der Waals surface area contributed by atoms with Crippen LogP contribution in [0.5, 0.6) is 0 Å². The van der Waals surface area contributed by atoms with Gasteiger partial charge in [-0.15, -0.1) is 0 Å². The Bertz CT molecular complexity index is 943. The van der Waals surface area contributed by atoms with Crippen molar-refractivity contribution in [2.75, 3.05) is 25.6 Å². The van der Waals surface area contributed by atoms with Gasteiger partial charge in [-0.3, -0.25) is 4.98 Å². The minimum absolute atomic E-state index is 0.288. The van der Waals surface area contributed by atoms with E-state index in [9.17, 15) is 9.18 Å². The summed E-state index contributed by atoms with van der Waals surface area (Å²) in [6, 6.07) is 13.6. The van der Waals surface area contributed by atoms with Gasteiger partial charge in [0, 0.05) is 41.5 Å². The summed E-state index contributed by atoms with van der Waals surface area (Å²) in [5, 5.41) is 6.29. The van der Waals surface area contributed by atoms with Crippen LogP contribution in [-0.4, -0.2) is 31.3 Å². The molecule has 0 fully saturated rings. The zero-order valence-electron chi connectivity index (χ0n) is 14.7. The van der Waals surface area contributed by atoms with Crippen molar-refractivity contribution in [1.82, 2.24) is 10.3 Å². The maximum atomic E-state index is 14.2. The molecule has 2 aromatic carbocycles. The number of fused-ring (bicyclic) bond motifs is 1. The van der Waals surface area contributed by atoms with Gasteiger partial charge in [-0.25, -0.2) is 9.18 Å². The first-order valence-electron chi connectivity index (χ1n) is 8.28. The number of anilines is 1. The molecule has 6 heteroatoms. The number of amides is 2. The lowest BCUT2D eigenvalue weighted by atomic mass is 10.0. The maximum Gasteiger partial charge on any atom is 0.319 e. The molecule has 0 bridgehead atoms. The SMILES string of the molecule is COCCNC(=O)Nc1ccc2nc(C)c(-c3ccccc3F)cc2c1. The number of ether oxygens (including phenoxy) is 1. The quantitative estimate of drug-likeness (QED) is 0.678. The van der Waals surface area contributed by atoms with Gasteiger partial charge < -0.3 is 15.4 Å². The molecule has 134 valence electrons. The molecule has 1 aromatic heterocycles. The van der Waals surface area contributed by atoms with E-state index in [2.05, 4.69) is 15.6 Å². The predicted octanol–water partition coefficient (Wildman–Crippen LogP) is 4.12. The Labute approximate surface area is 151 Å². The van der Waals surface area contributed by atoms with E-state index in [4.69, 9.17) is 4.74 Å². The van der Waals surface area contributed by atoms with E-state index in [0.29, 0.717) is 24.4 Å². The number of rotatable bonds is 5. The number of hydrogen-bond donors (Lipinski definition) is 2. The third-order valence-corrected chi connectivity index (χ3v) is 4.02. The highest BCUT2D eigenvalue weighted by atomic mass is 19.1. The minimum Gasteiger partial charge on any atom is -0.383 e. The summed E-state index contributed by atoms with van der Waals surface area (Å²) in [5.41, 5.74) is 3.42. The number of urea groups is 1. The number of halogens is 1. The Hall–Kier alpha value is -2.99. The fourth-order valence-corrected chi connectivity index (χ4v) is 2.74. The number of carbonyl (C=O) groups is 1. The average molecular weight is 353 g/mol. The zero-order chi connectivity index (χ0) is 18.5. The topological polar surface area (TPSA) is 63.2 Å². The summed E-state index contributed by atoms with van der Waals surface area (Å²) >= 11 is 0. The molecule has 0 aliphatic carbocycles. The van der Waals surface area contributed by atoms with Crippen LogP contribution in [-0.2, 0) is 4.74 Å². The number of benzene rings is 2. The van der Waals surface area contributed by atoms with Crippen LogP contribution in [0.3, 0.4) is 0 Å². The lowest BCUT2D eigenvalue weighted by molar-refractivity contribution is 0.198. The third-order valence-electron chi connectivity index (χ3n) is 4.02. The second-order valence-electron chi connectivity index (χ2n) is 5.88. The monoisotopic (exact) mass is 353 g/mol. The molecule has 26 heavy (non-hydrogen) atoms. The summed E-state index contributed by atoms with van der Waals surface area (Å²) in [6.45, 7) is 2.73. The number of aromatic nitrogens is 1. The summed E-state index contributed by atoms with van der Waals surface area (Å²) in [5.74, 6) is -0.288. The summed E-state index contributed by atoms with van der Waals surface area (Å²) in [4.78, 5) is 16.4. The predicted molar refractivity (Wildman–Crippen MR) is 101 cm³/mol. The van der Waals surface area contributed by atoms with Crippen LogP contribution in [0.4, 0.5) is 14.9 Å². The van der Waals surface area contributed by atoms with Gasteiger partial charge in [-0.05, 0) is 37.3 Å².